The molecule has 2 aliphatic heterocycles. The first kappa shape index (κ1) is 14.7. The topological polar surface area (TPSA) is 66.6 Å². The minimum atomic E-state index is -3.66. The van der Waals surface area contributed by atoms with Gasteiger partial charge in [0.2, 0.25) is 10.0 Å². The number of anilines is 1. The van der Waals surface area contributed by atoms with E-state index in [4.69, 9.17) is 5.73 Å². The molecule has 1 atom stereocenters. The van der Waals surface area contributed by atoms with E-state index < -0.39 is 15.8 Å². The summed E-state index contributed by atoms with van der Waals surface area (Å²) in [6, 6.07) is 3.76. The summed E-state index contributed by atoms with van der Waals surface area (Å²) in [6.07, 6.45) is 3.21. The highest BCUT2D eigenvalue weighted by Crippen LogP contribution is 2.27. The molecule has 2 N–H and O–H groups in total. The van der Waals surface area contributed by atoms with Crippen LogP contribution in [-0.2, 0) is 10.0 Å². The second kappa shape index (κ2) is 5.55. The molecular weight excluding hydrogens is 293 g/mol. The number of hydrogen-bond acceptors (Lipinski definition) is 4. The van der Waals surface area contributed by atoms with Crippen LogP contribution in [0.1, 0.15) is 19.3 Å². The van der Waals surface area contributed by atoms with Crippen LogP contribution in [0.4, 0.5) is 10.1 Å². The molecule has 116 valence electrons. The highest BCUT2D eigenvalue weighted by atomic mass is 32.2. The number of benzene rings is 1. The van der Waals surface area contributed by atoms with E-state index in [1.54, 1.807) is 0 Å². The van der Waals surface area contributed by atoms with Gasteiger partial charge in [0.1, 0.15) is 5.82 Å². The summed E-state index contributed by atoms with van der Waals surface area (Å²) in [5.41, 5.74) is 5.68. The lowest BCUT2D eigenvalue weighted by Crippen LogP contribution is -2.37. The third-order valence-electron chi connectivity index (χ3n) is 4.31. The van der Waals surface area contributed by atoms with Crippen LogP contribution in [0.25, 0.3) is 0 Å². The largest absolute Gasteiger partial charge is 0.399 e. The molecule has 21 heavy (non-hydrogen) atoms. The van der Waals surface area contributed by atoms with Gasteiger partial charge in [-0.15, -0.1) is 0 Å². The number of halogens is 1. The van der Waals surface area contributed by atoms with Crippen LogP contribution in [0.5, 0.6) is 0 Å². The van der Waals surface area contributed by atoms with Crippen LogP contribution in [0.2, 0.25) is 0 Å². The van der Waals surface area contributed by atoms with E-state index in [0.717, 1.165) is 31.6 Å². The average Bonchev–Trinajstić information content (AvgIpc) is 3.09. The number of nitrogen functional groups attached to an aromatic ring is 1. The van der Waals surface area contributed by atoms with Gasteiger partial charge in [0.15, 0.2) is 0 Å². The Morgan fingerprint density at radius 1 is 1.14 bits per heavy atom. The molecule has 0 spiro atoms. The molecule has 3 rings (SSSR count). The molecule has 0 bridgehead atoms. The van der Waals surface area contributed by atoms with Crippen molar-refractivity contribution in [3.63, 3.8) is 0 Å². The Kier molecular flexibility index (Phi) is 3.90. The average molecular weight is 313 g/mol. The molecule has 1 aromatic rings. The molecule has 2 aliphatic rings. The van der Waals surface area contributed by atoms with Gasteiger partial charge in [0, 0.05) is 24.8 Å². The Bertz CT molecular complexity index is 609. The molecule has 7 heteroatoms. The minimum absolute atomic E-state index is 0.0536. The molecular formula is C14H20FN3O2S. The number of sulfonamides is 1. The van der Waals surface area contributed by atoms with Gasteiger partial charge in [0.05, 0.1) is 4.90 Å². The number of nitrogens with zero attached hydrogens (tertiary/aromatic N) is 2. The lowest BCUT2D eigenvalue weighted by molar-refractivity contribution is 0.251. The third-order valence-corrected chi connectivity index (χ3v) is 6.16. The number of nitrogens with two attached hydrogens (primary N) is 1. The van der Waals surface area contributed by atoms with E-state index in [0.29, 0.717) is 13.1 Å². The van der Waals surface area contributed by atoms with Crippen molar-refractivity contribution >= 4 is 15.7 Å². The molecule has 1 unspecified atom stereocenters. The monoisotopic (exact) mass is 313 g/mol. The maximum Gasteiger partial charge on any atom is 0.243 e. The fraction of sp³-hybridized carbons (Fsp3) is 0.571. The summed E-state index contributed by atoms with van der Waals surface area (Å²) >= 11 is 0. The number of rotatable bonds is 3. The Hall–Kier alpha value is -1.18. The van der Waals surface area contributed by atoms with Crippen molar-refractivity contribution in [2.24, 2.45) is 0 Å². The summed E-state index contributed by atoms with van der Waals surface area (Å²) in [5, 5.41) is 0. The van der Waals surface area contributed by atoms with Gasteiger partial charge in [0.25, 0.3) is 0 Å². The van der Waals surface area contributed by atoms with Crippen LogP contribution in [0.3, 0.4) is 0 Å². The molecule has 0 aliphatic carbocycles. The molecule has 0 amide bonds. The maximum absolute atomic E-state index is 13.4. The highest BCUT2D eigenvalue weighted by Gasteiger charge is 2.36. The number of likely N-dealkylation sites (tertiary alicyclic amines) is 1. The van der Waals surface area contributed by atoms with E-state index >= 15 is 0 Å². The van der Waals surface area contributed by atoms with E-state index in [9.17, 15) is 12.8 Å². The summed E-state index contributed by atoms with van der Waals surface area (Å²) in [6.45, 7) is 3.07. The van der Waals surface area contributed by atoms with Gasteiger partial charge in [-0.3, -0.25) is 4.90 Å². The second-order valence-electron chi connectivity index (χ2n) is 5.77. The third kappa shape index (κ3) is 2.90. The van der Waals surface area contributed by atoms with Crippen molar-refractivity contribution in [3.8, 4) is 0 Å². The van der Waals surface area contributed by atoms with Crippen molar-refractivity contribution in [1.29, 1.82) is 0 Å². The quantitative estimate of drug-likeness (QED) is 0.853. The van der Waals surface area contributed by atoms with Crippen molar-refractivity contribution < 1.29 is 12.8 Å². The van der Waals surface area contributed by atoms with Gasteiger partial charge in [-0.1, -0.05) is 0 Å². The number of hydrogen-bond donors (Lipinski definition) is 1. The normalized spacial score (nSPS) is 24.7. The maximum atomic E-state index is 13.4. The van der Waals surface area contributed by atoms with Crippen LogP contribution in [-0.4, -0.2) is 49.8 Å². The molecule has 2 heterocycles. The summed E-state index contributed by atoms with van der Waals surface area (Å²) in [5.74, 6) is -0.621. The zero-order chi connectivity index (χ0) is 15.0. The molecule has 1 aromatic carbocycles. The molecule has 2 saturated heterocycles. The SMILES string of the molecule is Nc1cc(F)cc(S(=O)(=O)N2CCC(N3CCCC3)C2)c1. The van der Waals surface area contributed by atoms with Gasteiger partial charge in [-0.25, -0.2) is 12.8 Å². The lowest BCUT2D eigenvalue weighted by atomic mass is 10.2. The van der Waals surface area contributed by atoms with Gasteiger partial charge in [-0.05, 0) is 50.6 Å². The highest BCUT2D eigenvalue weighted by molar-refractivity contribution is 7.89. The van der Waals surface area contributed by atoms with Gasteiger partial charge in [-0.2, -0.15) is 4.31 Å². The van der Waals surface area contributed by atoms with Gasteiger partial charge < -0.3 is 5.73 Å². The van der Waals surface area contributed by atoms with Crippen LogP contribution in [0, 0.1) is 5.82 Å². The first-order valence-electron chi connectivity index (χ1n) is 7.27. The Labute approximate surface area is 124 Å². The summed E-state index contributed by atoms with van der Waals surface area (Å²) in [7, 11) is -3.66. The van der Waals surface area contributed by atoms with Crippen LogP contribution >= 0.6 is 0 Å². The fourth-order valence-corrected chi connectivity index (χ4v) is 4.77. The summed E-state index contributed by atoms with van der Waals surface area (Å²) in [4.78, 5) is 2.30. The Balaban J connectivity index is 1.79. The predicted octanol–water partition coefficient (Wildman–Crippen LogP) is 1.27. The van der Waals surface area contributed by atoms with E-state index in [-0.39, 0.29) is 16.6 Å². The van der Waals surface area contributed by atoms with E-state index in [1.807, 2.05) is 0 Å². The summed E-state index contributed by atoms with van der Waals surface area (Å²) < 4.78 is 40.0. The zero-order valence-corrected chi connectivity index (χ0v) is 12.7. The Morgan fingerprint density at radius 3 is 2.52 bits per heavy atom. The smallest absolute Gasteiger partial charge is 0.243 e. The Morgan fingerprint density at radius 2 is 1.86 bits per heavy atom. The van der Waals surface area contributed by atoms with Crippen LogP contribution < -0.4 is 5.73 Å². The molecule has 0 saturated carbocycles. The molecule has 0 radical (unpaired) electrons. The van der Waals surface area contributed by atoms with Crippen molar-refractivity contribution in [3.05, 3.63) is 24.0 Å². The van der Waals surface area contributed by atoms with Crippen LogP contribution in [0.15, 0.2) is 23.1 Å². The predicted molar refractivity (Wildman–Crippen MR) is 78.8 cm³/mol. The second-order valence-corrected chi connectivity index (χ2v) is 7.71. The lowest BCUT2D eigenvalue weighted by Gasteiger charge is -2.23. The van der Waals surface area contributed by atoms with Crippen molar-refractivity contribution in [2.75, 3.05) is 31.9 Å². The van der Waals surface area contributed by atoms with E-state index in [2.05, 4.69) is 4.90 Å². The first-order chi connectivity index (χ1) is 9.96. The molecule has 5 nitrogen and oxygen atoms in total. The first-order valence-corrected chi connectivity index (χ1v) is 8.71. The fourth-order valence-electron chi connectivity index (χ4n) is 3.22. The van der Waals surface area contributed by atoms with Crippen molar-refractivity contribution in [2.45, 2.75) is 30.2 Å². The van der Waals surface area contributed by atoms with Crippen molar-refractivity contribution in [1.82, 2.24) is 9.21 Å². The molecule has 0 aromatic heterocycles. The minimum Gasteiger partial charge on any atom is -0.399 e. The van der Waals surface area contributed by atoms with Gasteiger partial charge >= 0.3 is 0 Å². The van der Waals surface area contributed by atoms with E-state index in [1.165, 1.54) is 23.2 Å². The standard InChI is InChI=1S/C14H20FN3O2S/c15-11-7-12(16)9-14(8-11)21(19,20)18-6-3-13(10-18)17-4-1-2-5-17/h7-9,13H,1-6,10,16H2. The zero-order valence-electron chi connectivity index (χ0n) is 11.8. The molecule has 2 fully saturated rings.